The number of nitro benzene ring substituents is 1. The molecule has 0 aliphatic heterocycles. The Balaban J connectivity index is 3.24. The zero-order chi connectivity index (χ0) is 10.7. The molecule has 0 fully saturated rings. The van der Waals surface area contributed by atoms with Gasteiger partial charge >= 0.3 is 0 Å². The number of nitro groups is 1. The number of nitrogens with zero attached hydrogens (tertiary/aromatic N) is 1. The van der Waals surface area contributed by atoms with E-state index in [1.165, 1.54) is 12.1 Å². The fourth-order valence-electron chi connectivity index (χ4n) is 1.23. The highest BCUT2D eigenvalue weighted by molar-refractivity contribution is 5.47. The van der Waals surface area contributed by atoms with Crippen LogP contribution in [0.2, 0.25) is 0 Å². The second-order valence-corrected chi connectivity index (χ2v) is 3.22. The normalized spacial score (nSPS) is 10.3. The fraction of sp³-hybridized carbons (Fsp3) is 0.333. The third kappa shape index (κ3) is 2.00. The van der Waals surface area contributed by atoms with Crippen LogP contribution in [0.5, 0.6) is 5.75 Å². The molecular formula is C9H11NO4. The van der Waals surface area contributed by atoms with E-state index in [2.05, 4.69) is 4.89 Å². The Hall–Kier alpha value is -1.62. The summed E-state index contributed by atoms with van der Waals surface area (Å²) in [5, 5.41) is 19.0. The van der Waals surface area contributed by atoms with Crippen LogP contribution in [0, 0.1) is 10.1 Å². The Kier molecular flexibility index (Phi) is 3.03. The van der Waals surface area contributed by atoms with Crippen molar-refractivity contribution < 1.29 is 15.1 Å². The molecule has 5 heteroatoms. The lowest BCUT2D eigenvalue weighted by atomic mass is 10.0. The molecule has 0 atom stereocenters. The van der Waals surface area contributed by atoms with Gasteiger partial charge in [-0.2, -0.15) is 0 Å². The van der Waals surface area contributed by atoms with Crippen LogP contribution in [0.4, 0.5) is 5.69 Å². The number of benzene rings is 1. The van der Waals surface area contributed by atoms with E-state index in [-0.39, 0.29) is 17.4 Å². The van der Waals surface area contributed by atoms with E-state index in [0.717, 1.165) is 0 Å². The van der Waals surface area contributed by atoms with Gasteiger partial charge in [0, 0.05) is 5.56 Å². The molecule has 0 amide bonds. The first-order valence-corrected chi connectivity index (χ1v) is 4.16. The smallest absolute Gasteiger partial charge is 0.276 e. The van der Waals surface area contributed by atoms with E-state index < -0.39 is 4.92 Å². The van der Waals surface area contributed by atoms with Crippen LogP contribution in [0.3, 0.4) is 0 Å². The number of hydrogen-bond donors (Lipinski definition) is 1. The van der Waals surface area contributed by atoms with Gasteiger partial charge in [-0.05, 0) is 18.1 Å². The summed E-state index contributed by atoms with van der Waals surface area (Å²) in [6.45, 7) is 3.73. The van der Waals surface area contributed by atoms with Gasteiger partial charge in [0.2, 0.25) is 0 Å². The predicted molar refractivity (Wildman–Crippen MR) is 50.4 cm³/mol. The molecular weight excluding hydrogens is 186 g/mol. The number of rotatable bonds is 3. The van der Waals surface area contributed by atoms with Crippen molar-refractivity contribution in [2.24, 2.45) is 0 Å². The Bertz CT molecular complexity index is 349. The van der Waals surface area contributed by atoms with Crippen molar-refractivity contribution in [1.82, 2.24) is 0 Å². The van der Waals surface area contributed by atoms with Gasteiger partial charge in [0.05, 0.1) is 11.0 Å². The summed E-state index contributed by atoms with van der Waals surface area (Å²) in [5.41, 5.74) is 0.586. The van der Waals surface area contributed by atoms with Crippen LogP contribution in [-0.2, 0) is 0 Å². The van der Waals surface area contributed by atoms with Crippen molar-refractivity contribution in [3.05, 3.63) is 33.9 Å². The van der Waals surface area contributed by atoms with Gasteiger partial charge in [-0.15, -0.1) is 0 Å². The van der Waals surface area contributed by atoms with Crippen LogP contribution in [0.15, 0.2) is 18.2 Å². The standard InChI is InChI=1S/C9H11NO4/c1-6(2)8-4-3-7(14-13)5-9(8)10(11)12/h3-6,13H,1-2H3. The summed E-state index contributed by atoms with van der Waals surface area (Å²) < 4.78 is 0. The Labute approximate surface area is 81.0 Å². The molecule has 0 aliphatic rings. The lowest BCUT2D eigenvalue weighted by Gasteiger charge is -2.06. The summed E-state index contributed by atoms with van der Waals surface area (Å²) in [6, 6.07) is 4.27. The molecule has 1 rings (SSSR count). The molecule has 0 saturated carbocycles. The summed E-state index contributed by atoms with van der Waals surface area (Å²) >= 11 is 0. The average Bonchev–Trinajstić information content (AvgIpc) is 2.16. The van der Waals surface area contributed by atoms with Gasteiger partial charge < -0.3 is 4.89 Å². The van der Waals surface area contributed by atoms with Gasteiger partial charge in [-0.3, -0.25) is 10.1 Å². The minimum Gasteiger partial charge on any atom is -0.340 e. The van der Waals surface area contributed by atoms with E-state index in [9.17, 15) is 10.1 Å². The molecule has 0 spiro atoms. The van der Waals surface area contributed by atoms with E-state index in [4.69, 9.17) is 5.26 Å². The second-order valence-electron chi connectivity index (χ2n) is 3.22. The highest BCUT2D eigenvalue weighted by Gasteiger charge is 2.17. The molecule has 1 aromatic rings. The van der Waals surface area contributed by atoms with Crippen LogP contribution in [0.25, 0.3) is 0 Å². The van der Waals surface area contributed by atoms with Gasteiger partial charge in [0.25, 0.3) is 5.69 Å². The minimum absolute atomic E-state index is 0.0356. The molecule has 1 aromatic carbocycles. The molecule has 14 heavy (non-hydrogen) atoms. The van der Waals surface area contributed by atoms with Gasteiger partial charge in [-0.25, -0.2) is 5.26 Å². The summed E-state index contributed by atoms with van der Waals surface area (Å²) in [5.74, 6) is 0.129. The molecule has 5 nitrogen and oxygen atoms in total. The summed E-state index contributed by atoms with van der Waals surface area (Å²) in [6.07, 6.45) is 0. The second kappa shape index (κ2) is 4.06. The zero-order valence-corrected chi connectivity index (χ0v) is 7.93. The Morgan fingerprint density at radius 2 is 2.14 bits per heavy atom. The monoisotopic (exact) mass is 197 g/mol. The van der Waals surface area contributed by atoms with Crippen LogP contribution in [0.1, 0.15) is 25.3 Å². The molecule has 76 valence electrons. The highest BCUT2D eigenvalue weighted by Crippen LogP contribution is 2.29. The van der Waals surface area contributed by atoms with Gasteiger partial charge in [0.15, 0.2) is 5.75 Å². The van der Waals surface area contributed by atoms with E-state index in [1.54, 1.807) is 6.07 Å². The van der Waals surface area contributed by atoms with Crippen molar-refractivity contribution in [2.45, 2.75) is 19.8 Å². The lowest BCUT2D eigenvalue weighted by Crippen LogP contribution is -1.98. The molecule has 1 N–H and O–H groups in total. The van der Waals surface area contributed by atoms with Crippen LogP contribution < -0.4 is 4.89 Å². The molecule has 0 bridgehead atoms. The first-order valence-electron chi connectivity index (χ1n) is 4.16. The quantitative estimate of drug-likeness (QED) is 0.459. The molecule has 0 aliphatic carbocycles. The van der Waals surface area contributed by atoms with E-state index in [1.807, 2.05) is 13.8 Å². The predicted octanol–water partition coefficient (Wildman–Crippen LogP) is 2.57. The van der Waals surface area contributed by atoms with Crippen LogP contribution in [-0.4, -0.2) is 10.2 Å². The van der Waals surface area contributed by atoms with E-state index in [0.29, 0.717) is 5.56 Å². The average molecular weight is 197 g/mol. The maximum absolute atomic E-state index is 10.7. The number of hydrogen-bond acceptors (Lipinski definition) is 4. The van der Waals surface area contributed by atoms with Gasteiger partial charge in [0.1, 0.15) is 0 Å². The summed E-state index contributed by atoms with van der Waals surface area (Å²) in [4.78, 5) is 14.1. The topological polar surface area (TPSA) is 72.6 Å². The van der Waals surface area contributed by atoms with Crippen molar-refractivity contribution in [2.75, 3.05) is 0 Å². The largest absolute Gasteiger partial charge is 0.340 e. The molecule has 0 heterocycles. The van der Waals surface area contributed by atoms with Crippen LogP contribution >= 0.6 is 0 Å². The fourth-order valence-corrected chi connectivity index (χ4v) is 1.23. The highest BCUT2D eigenvalue weighted by atomic mass is 17.1. The molecule has 0 saturated heterocycles. The molecule has 0 aromatic heterocycles. The SMILES string of the molecule is CC(C)c1ccc(OO)cc1[N+](=O)[O-]. The van der Waals surface area contributed by atoms with Crippen molar-refractivity contribution in [3.63, 3.8) is 0 Å². The first kappa shape index (κ1) is 10.5. The lowest BCUT2D eigenvalue weighted by molar-refractivity contribution is -0.385. The minimum atomic E-state index is -0.488. The third-order valence-corrected chi connectivity index (χ3v) is 1.93. The summed E-state index contributed by atoms with van der Waals surface area (Å²) in [7, 11) is 0. The third-order valence-electron chi connectivity index (χ3n) is 1.93. The Morgan fingerprint density at radius 1 is 1.50 bits per heavy atom. The van der Waals surface area contributed by atoms with Crippen molar-refractivity contribution >= 4 is 5.69 Å². The molecule has 0 radical (unpaired) electrons. The van der Waals surface area contributed by atoms with Crippen molar-refractivity contribution in [3.8, 4) is 5.75 Å². The molecule has 0 unspecified atom stereocenters. The Morgan fingerprint density at radius 3 is 2.57 bits per heavy atom. The van der Waals surface area contributed by atoms with Gasteiger partial charge in [-0.1, -0.05) is 13.8 Å². The van der Waals surface area contributed by atoms with Crippen molar-refractivity contribution in [1.29, 1.82) is 0 Å². The zero-order valence-electron chi connectivity index (χ0n) is 7.93. The maximum atomic E-state index is 10.7. The maximum Gasteiger partial charge on any atom is 0.276 e. The first-order chi connectivity index (χ1) is 6.56. The van der Waals surface area contributed by atoms with E-state index >= 15 is 0 Å².